The molecule has 0 amide bonds. The van der Waals surface area contributed by atoms with Crippen molar-refractivity contribution in [3.05, 3.63) is 48.5 Å². The van der Waals surface area contributed by atoms with E-state index in [4.69, 9.17) is 10.5 Å². The lowest BCUT2D eigenvalue weighted by molar-refractivity contribution is -0.176. The lowest BCUT2D eigenvalue weighted by atomic mass is 10.2. The van der Waals surface area contributed by atoms with Gasteiger partial charge in [-0.05, 0) is 12.1 Å². The minimum atomic E-state index is 1.38. The Kier molecular flexibility index (Phi) is 2.97. The molecule has 0 saturated heterocycles. The lowest BCUT2D eigenvalue weighted by Gasteiger charge is -1.88. The molecule has 2 aromatic carbocycles. The number of benzene rings is 2. The van der Waals surface area contributed by atoms with Crippen molar-refractivity contribution >= 4 is 31.5 Å². The van der Waals surface area contributed by atoms with Gasteiger partial charge in [-0.2, -0.15) is 0 Å². The molecule has 1 heterocycles. The topological polar surface area (TPSA) is 40.5 Å². The Labute approximate surface area is 91.0 Å². The Morgan fingerprint density at radius 2 is 1.07 bits per heavy atom. The summed E-state index contributed by atoms with van der Waals surface area (Å²) >= 11 is 1.86. The van der Waals surface area contributed by atoms with Crippen LogP contribution in [0.4, 0.5) is 0 Å². The third kappa shape index (κ3) is 1.72. The lowest BCUT2D eigenvalue weighted by Crippen LogP contribution is -1.62. The first-order chi connectivity index (χ1) is 7.45. The Hall–Kier alpha value is -1.42. The van der Waals surface area contributed by atoms with Crippen LogP contribution in [-0.2, 0) is 0 Å². The minimum Gasteiger partial charge on any atom is -0.255 e. The van der Waals surface area contributed by atoms with Gasteiger partial charge in [0.2, 0.25) is 0 Å². The molecule has 0 radical (unpaired) electrons. The Balaban J connectivity index is 0.000000404. The highest BCUT2D eigenvalue weighted by molar-refractivity contribution is 7.25. The van der Waals surface area contributed by atoms with Gasteiger partial charge in [-0.1, -0.05) is 36.4 Å². The van der Waals surface area contributed by atoms with E-state index in [1.807, 2.05) is 11.3 Å². The average Bonchev–Trinajstić information content (AvgIpc) is 2.70. The highest BCUT2D eigenvalue weighted by Crippen LogP contribution is 2.32. The van der Waals surface area contributed by atoms with E-state index in [2.05, 4.69) is 48.5 Å². The summed E-state index contributed by atoms with van der Waals surface area (Å²) in [5.74, 6) is 0. The summed E-state index contributed by atoms with van der Waals surface area (Å²) in [5.41, 5.74) is 0. The molecule has 2 N–H and O–H groups in total. The fourth-order valence-corrected chi connectivity index (χ4v) is 2.78. The normalized spacial score (nSPS) is 10.0. The molecule has 0 aliphatic carbocycles. The van der Waals surface area contributed by atoms with Gasteiger partial charge in [0.1, 0.15) is 0 Å². The van der Waals surface area contributed by atoms with Gasteiger partial charge >= 0.3 is 0 Å². The summed E-state index contributed by atoms with van der Waals surface area (Å²) in [6.45, 7) is 0. The molecule has 15 heavy (non-hydrogen) atoms. The van der Waals surface area contributed by atoms with E-state index < -0.39 is 0 Å². The highest BCUT2D eigenvalue weighted by Gasteiger charge is 2.01. The van der Waals surface area contributed by atoms with Crippen molar-refractivity contribution in [3.8, 4) is 0 Å². The first-order valence-corrected chi connectivity index (χ1v) is 5.33. The zero-order chi connectivity index (χ0) is 10.7. The molecule has 3 aromatic rings. The van der Waals surface area contributed by atoms with Crippen LogP contribution in [0.2, 0.25) is 0 Å². The molecule has 76 valence electrons. The Morgan fingerprint density at radius 3 is 1.53 bits per heavy atom. The van der Waals surface area contributed by atoms with E-state index in [0.29, 0.717) is 0 Å². The van der Waals surface area contributed by atoms with Gasteiger partial charge in [0.25, 0.3) is 0 Å². The van der Waals surface area contributed by atoms with E-state index in [-0.39, 0.29) is 0 Å². The summed E-state index contributed by atoms with van der Waals surface area (Å²) in [6.07, 6.45) is 0. The van der Waals surface area contributed by atoms with Crippen LogP contribution in [0, 0.1) is 0 Å². The maximum absolute atomic E-state index is 6.00. The van der Waals surface area contributed by atoms with Gasteiger partial charge in [0.05, 0.1) is 0 Å². The molecule has 1 aromatic heterocycles. The van der Waals surface area contributed by atoms with Crippen molar-refractivity contribution in [1.29, 1.82) is 0 Å². The SMILES string of the molecule is OO.c1ccc2c(c1)sc1ccccc12. The van der Waals surface area contributed by atoms with Crippen LogP contribution in [0.1, 0.15) is 0 Å². The predicted octanol–water partition coefficient (Wildman–Crippen LogP) is 4.07. The maximum Gasteiger partial charge on any atom is 0.0355 e. The first-order valence-electron chi connectivity index (χ1n) is 4.51. The van der Waals surface area contributed by atoms with Crippen LogP contribution < -0.4 is 0 Å². The highest BCUT2D eigenvalue weighted by atomic mass is 32.1. The van der Waals surface area contributed by atoms with Crippen molar-refractivity contribution in [1.82, 2.24) is 0 Å². The van der Waals surface area contributed by atoms with Crippen LogP contribution in [0.25, 0.3) is 20.2 Å². The van der Waals surface area contributed by atoms with E-state index in [1.54, 1.807) is 0 Å². The number of hydrogen-bond donors (Lipinski definition) is 2. The first kappa shape index (κ1) is 10.1. The van der Waals surface area contributed by atoms with E-state index in [0.717, 1.165) is 0 Å². The Bertz CT molecular complexity index is 521. The third-order valence-corrected chi connectivity index (χ3v) is 3.44. The maximum atomic E-state index is 6.00. The molecule has 0 bridgehead atoms. The molecule has 0 fully saturated rings. The van der Waals surface area contributed by atoms with Gasteiger partial charge in [0.15, 0.2) is 0 Å². The van der Waals surface area contributed by atoms with Gasteiger partial charge < -0.3 is 0 Å². The fraction of sp³-hybridized carbons (Fsp3) is 0. The molecule has 0 unspecified atom stereocenters. The second-order valence-electron chi connectivity index (χ2n) is 3.09. The van der Waals surface area contributed by atoms with Crippen LogP contribution in [-0.4, -0.2) is 10.5 Å². The summed E-state index contributed by atoms with van der Waals surface area (Å²) in [5, 5.41) is 14.8. The number of rotatable bonds is 0. The molecular formula is C12H10O2S. The molecule has 0 saturated carbocycles. The number of fused-ring (bicyclic) bond motifs is 3. The molecule has 0 atom stereocenters. The van der Waals surface area contributed by atoms with Gasteiger partial charge in [0, 0.05) is 20.2 Å². The zero-order valence-corrected chi connectivity index (χ0v) is 8.74. The second-order valence-corrected chi connectivity index (χ2v) is 4.18. The Morgan fingerprint density at radius 1 is 0.667 bits per heavy atom. The molecular weight excluding hydrogens is 208 g/mol. The zero-order valence-electron chi connectivity index (χ0n) is 7.92. The minimum absolute atomic E-state index is 1.38. The van der Waals surface area contributed by atoms with Crippen molar-refractivity contribution in [2.24, 2.45) is 0 Å². The fourth-order valence-electron chi connectivity index (χ4n) is 1.67. The summed E-state index contributed by atoms with van der Waals surface area (Å²) in [6, 6.07) is 17.1. The van der Waals surface area contributed by atoms with Gasteiger partial charge in [-0.15, -0.1) is 11.3 Å². The molecule has 3 rings (SSSR count). The second kappa shape index (κ2) is 4.40. The van der Waals surface area contributed by atoms with Crippen LogP contribution in [0.5, 0.6) is 0 Å². The quantitative estimate of drug-likeness (QED) is 0.441. The molecule has 0 spiro atoms. The summed E-state index contributed by atoms with van der Waals surface area (Å²) in [4.78, 5) is 0. The van der Waals surface area contributed by atoms with Gasteiger partial charge in [-0.3, -0.25) is 10.5 Å². The monoisotopic (exact) mass is 218 g/mol. The van der Waals surface area contributed by atoms with Crippen molar-refractivity contribution in [2.75, 3.05) is 0 Å². The van der Waals surface area contributed by atoms with Crippen molar-refractivity contribution in [3.63, 3.8) is 0 Å². The van der Waals surface area contributed by atoms with E-state index in [1.165, 1.54) is 20.2 Å². The van der Waals surface area contributed by atoms with Crippen molar-refractivity contribution in [2.45, 2.75) is 0 Å². The predicted molar refractivity (Wildman–Crippen MR) is 64.6 cm³/mol. The molecule has 3 heteroatoms. The number of hydrogen-bond acceptors (Lipinski definition) is 3. The van der Waals surface area contributed by atoms with E-state index >= 15 is 0 Å². The van der Waals surface area contributed by atoms with Crippen molar-refractivity contribution < 1.29 is 10.5 Å². The standard InChI is InChI=1S/C12H8S.H2O2/c1-3-7-11-9(5-1)10-6-2-4-8-12(10)13-11;1-2/h1-8H;1-2H. The molecule has 2 nitrogen and oxygen atoms in total. The molecule has 0 aliphatic rings. The van der Waals surface area contributed by atoms with Crippen LogP contribution in [0.3, 0.4) is 0 Å². The largest absolute Gasteiger partial charge is 0.255 e. The average molecular weight is 218 g/mol. The van der Waals surface area contributed by atoms with Gasteiger partial charge in [-0.25, -0.2) is 0 Å². The van der Waals surface area contributed by atoms with Crippen LogP contribution >= 0.6 is 11.3 Å². The van der Waals surface area contributed by atoms with E-state index in [9.17, 15) is 0 Å². The smallest absolute Gasteiger partial charge is 0.0355 e. The summed E-state index contributed by atoms with van der Waals surface area (Å²) in [7, 11) is 0. The number of thiophene rings is 1. The summed E-state index contributed by atoms with van der Waals surface area (Å²) < 4.78 is 2.76. The third-order valence-electron chi connectivity index (χ3n) is 2.28. The molecule has 0 aliphatic heterocycles. The van der Waals surface area contributed by atoms with Crippen LogP contribution in [0.15, 0.2) is 48.5 Å².